The first-order chi connectivity index (χ1) is 13.9. The number of hydrogen-bond acceptors (Lipinski definition) is 5. The van der Waals surface area contributed by atoms with Gasteiger partial charge in [0.25, 0.3) is 5.91 Å². The molecule has 0 saturated heterocycles. The molecule has 0 saturated carbocycles. The molecule has 29 heavy (non-hydrogen) atoms. The van der Waals surface area contributed by atoms with E-state index in [1.165, 1.54) is 42.5 Å². The zero-order valence-corrected chi connectivity index (χ0v) is 15.6. The van der Waals surface area contributed by atoms with Crippen LogP contribution >= 0.6 is 0 Å². The largest absolute Gasteiger partial charge is 0.494 e. The lowest BCUT2D eigenvalue weighted by atomic mass is 10.0. The number of ether oxygens (including phenoxy) is 1. The molecule has 2 aromatic heterocycles. The standard InChI is InChI=1S/C19H17F2N5O3/c1-26-15(4-6-24-26)19(28)23-10-17(27)25-11-7-13(20)18(14(21)8-11)12-3-5-22-9-16(12)29-2/h3-9H,10H2,1-2H3,(H,23,28)(H,25,27). The summed E-state index contributed by atoms with van der Waals surface area (Å²) in [5.74, 6) is -2.71. The van der Waals surface area contributed by atoms with Crippen LogP contribution < -0.4 is 15.4 Å². The number of rotatable bonds is 6. The Hall–Kier alpha value is -3.82. The highest BCUT2D eigenvalue weighted by Gasteiger charge is 2.18. The van der Waals surface area contributed by atoms with E-state index in [0.717, 1.165) is 12.1 Å². The van der Waals surface area contributed by atoms with Crippen molar-refractivity contribution in [1.29, 1.82) is 0 Å². The molecule has 8 nitrogen and oxygen atoms in total. The molecule has 0 unspecified atom stereocenters. The zero-order valence-electron chi connectivity index (χ0n) is 15.6. The predicted molar refractivity (Wildman–Crippen MR) is 100 cm³/mol. The molecule has 0 fully saturated rings. The maximum absolute atomic E-state index is 14.6. The summed E-state index contributed by atoms with van der Waals surface area (Å²) in [5, 5.41) is 8.61. The van der Waals surface area contributed by atoms with Crippen LogP contribution in [0.3, 0.4) is 0 Å². The van der Waals surface area contributed by atoms with Crippen molar-refractivity contribution >= 4 is 17.5 Å². The van der Waals surface area contributed by atoms with E-state index in [-0.39, 0.29) is 34.8 Å². The van der Waals surface area contributed by atoms with Crippen LogP contribution in [0.1, 0.15) is 10.5 Å². The number of methoxy groups -OCH3 is 1. The van der Waals surface area contributed by atoms with E-state index in [4.69, 9.17) is 4.74 Å². The average molecular weight is 401 g/mol. The number of anilines is 1. The minimum Gasteiger partial charge on any atom is -0.494 e. The quantitative estimate of drug-likeness (QED) is 0.660. The molecule has 0 spiro atoms. The van der Waals surface area contributed by atoms with Crippen molar-refractivity contribution in [2.75, 3.05) is 19.0 Å². The maximum Gasteiger partial charge on any atom is 0.269 e. The summed E-state index contributed by atoms with van der Waals surface area (Å²) in [4.78, 5) is 27.8. The molecule has 3 aromatic rings. The molecule has 2 N–H and O–H groups in total. The molecule has 2 heterocycles. The molecule has 3 rings (SSSR count). The van der Waals surface area contributed by atoms with Crippen molar-refractivity contribution < 1.29 is 23.1 Å². The van der Waals surface area contributed by atoms with Crippen LogP contribution in [0.2, 0.25) is 0 Å². The van der Waals surface area contributed by atoms with Crippen LogP contribution in [-0.2, 0) is 11.8 Å². The second kappa shape index (κ2) is 8.46. The second-order valence-corrected chi connectivity index (χ2v) is 5.96. The summed E-state index contributed by atoms with van der Waals surface area (Å²) < 4.78 is 35.6. The molecule has 2 amide bonds. The van der Waals surface area contributed by atoms with Gasteiger partial charge >= 0.3 is 0 Å². The summed E-state index contributed by atoms with van der Waals surface area (Å²) in [5.41, 5.74) is 0.0765. The van der Waals surface area contributed by atoms with Gasteiger partial charge in [0.1, 0.15) is 23.1 Å². The molecule has 1 aromatic carbocycles. The van der Waals surface area contributed by atoms with Crippen molar-refractivity contribution in [2.45, 2.75) is 0 Å². The molecule has 150 valence electrons. The summed E-state index contributed by atoms with van der Waals surface area (Å²) in [6.45, 7) is -0.382. The fourth-order valence-corrected chi connectivity index (χ4v) is 2.70. The van der Waals surface area contributed by atoms with Crippen LogP contribution in [0.15, 0.2) is 42.9 Å². The van der Waals surface area contributed by atoms with Crippen molar-refractivity contribution in [3.8, 4) is 16.9 Å². The maximum atomic E-state index is 14.6. The van der Waals surface area contributed by atoms with Crippen molar-refractivity contribution in [1.82, 2.24) is 20.1 Å². The minimum atomic E-state index is -0.885. The average Bonchev–Trinajstić information content (AvgIpc) is 3.12. The highest BCUT2D eigenvalue weighted by molar-refractivity contribution is 5.98. The van der Waals surface area contributed by atoms with E-state index < -0.39 is 23.4 Å². The van der Waals surface area contributed by atoms with Gasteiger partial charge in [-0.2, -0.15) is 5.10 Å². The number of halogens is 2. The lowest BCUT2D eigenvalue weighted by Crippen LogP contribution is -2.33. The molecule has 0 aliphatic carbocycles. The Morgan fingerprint density at radius 3 is 2.52 bits per heavy atom. The number of nitrogens with one attached hydrogen (secondary N) is 2. The van der Waals surface area contributed by atoms with E-state index in [0.29, 0.717) is 0 Å². The Labute approximate surface area is 164 Å². The highest BCUT2D eigenvalue weighted by atomic mass is 19.1. The van der Waals surface area contributed by atoms with Gasteiger partial charge in [0.2, 0.25) is 5.91 Å². The lowest BCUT2D eigenvalue weighted by molar-refractivity contribution is -0.115. The van der Waals surface area contributed by atoms with Gasteiger partial charge in [0, 0.05) is 30.7 Å². The van der Waals surface area contributed by atoms with Gasteiger partial charge in [0.15, 0.2) is 0 Å². The summed E-state index contributed by atoms with van der Waals surface area (Å²) in [7, 11) is 2.95. The molecular weight excluding hydrogens is 384 g/mol. The molecule has 0 radical (unpaired) electrons. The van der Waals surface area contributed by atoms with Crippen LogP contribution in [0.5, 0.6) is 5.75 Å². The van der Waals surface area contributed by atoms with Gasteiger partial charge in [-0.1, -0.05) is 0 Å². The first-order valence-corrected chi connectivity index (χ1v) is 8.44. The summed E-state index contributed by atoms with van der Waals surface area (Å²) in [6, 6.07) is 4.88. The Kier molecular flexibility index (Phi) is 5.82. The number of aromatic nitrogens is 3. The Morgan fingerprint density at radius 2 is 1.90 bits per heavy atom. The number of amides is 2. The van der Waals surface area contributed by atoms with Crippen molar-refractivity contribution in [3.63, 3.8) is 0 Å². The third-order valence-electron chi connectivity index (χ3n) is 4.06. The number of carbonyl (C=O) groups is 2. The number of benzene rings is 1. The lowest BCUT2D eigenvalue weighted by Gasteiger charge is -2.12. The molecular formula is C19H17F2N5O3. The monoisotopic (exact) mass is 401 g/mol. The first kappa shape index (κ1) is 19.9. The third-order valence-corrected chi connectivity index (χ3v) is 4.06. The number of nitrogens with zero attached hydrogens (tertiary/aromatic N) is 3. The fourth-order valence-electron chi connectivity index (χ4n) is 2.70. The molecule has 0 aliphatic rings. The minimum absolute atomic E-state index is 0.0865. The van der Waals surface area contributed by atoms with Gasteiger partial charge in [-0.15, -0.1) is 0 Å². The molecule has 0 atom stereocenters. The van der Waals surface area contributed by atoms with Gasteiger partial charge in [0.05, 0.1) is 25.4 Å². The van der Waals surface area contributed by atoms with Crippen molar-refractivity contribution in [3.05, 3.63) is 60.2 Å². The van der Waals surface area contributed by atoms with Crippen LogP contribution in [0, 0.1) is 11.6 Å². The Bertz CT molecular complexity index is 1040. The molecule has 0 aliphatic heterocycles. The Morgan fingerprint density at radius 1 is 1.17 bits per heavy atom. The van der Waals surface area contributed by atoms with Gasteiger partial charge in [-0.3, -0.25) is 19.3 Å². The number of carbonyl (C=O) groups excluding carboxylic acids is 2. The van der Waals surface area contributed by atoms with Crippen molar-refractivity contribution in [2.24, 2.45) is 7.05 Å². The topological polar surface area (TPSA) is 98.1 Å². The first-order valence-electron chi connectivity index (χ1n) is 8.44. The number of hydrogen-bond donors (Lipinski definition) is 2. The number of pyridine rings is 1. The summed E-state index contributed by atoms with van der Waals surface area (Å²) in [6.07, 6.45) is 4.17. The van der Waals surface area contributed by atoms with Gasteiger partial charge in [-0.25, -0.2) is 8.78 Å². The predicted octanol–water partition coefficient (Wildman–Crippen LogP) is 2.14. The number of aryl methyl sites for hydroxylation is 1. The zero-order chi connectivity index (χ0) is 21.0. The smallest absolute Gasteiger partial charge is 0.269 e. The third kappa shape index (κ3) is 4.37. The normalized spacial score (nSPS) is 10.5. The second-order valence-electron chi connectivity index (χ2n) is 5.96. The van der Waals surface area contributed by atoms with E-state index in [9.17, 15) is 18.4 Å². The van der Waals surface area contributed by atoms with E-state index in [2.05, 4.69) is 20.7 Å². The molecule has 10 heteroatoms. The SMILES string of the molecule is COc1cnccc1-c1c(F)cc(NC(=O)CNC(=O)c2ccnn2C)cc1F. The fraction of sp³-hybridized carbons (Fsp3) is 0.158. The van der Waals surface area contributed by atoms with E-state index in [1.54, 1.807) is 7.05 Å². The Balaban J connectivity index is 1.71. The highest BCUT2D eigenvalue weighted by Crippen LogP contribution is 2.34. The van der Waals surface area contributed by atoms with E-state index >= 15 is 0 Å². The molecule has 0 bridgehead atoms. The van der Waals surface area contributed by atoms with E-state index in [1.807, 2.05) is 0 Å². The van der Waals surface area contributed by atoms with Crippen LogP contribution in [0.25, 0.3) is 11.1 Å². The summed E-state index contributed by atoms with van der Waals surface area (Å²) >= 11 is 0. The van der Waals surface area contributed by atoms with Crippen LogP contribution in [0.4, 0.5) is 14.5 Å². The van der Waals surface area contributed by atoms with Crippen LogP contribution in [-0.4, -0.2) is 40.2 Å². The van der Waals surface area contributed by atoms with Gasteiger partial charge in [-0.05, 0) is 24.3 Å². The van der Waals surface area contributed by atoms with Gasteiger partial charge < -0.3 is 15.4 Å².